The standard InChI is InChI=1S/C22H21N3O6/c1-10-18(26)19(27)20(28)22(31-10)25-14-9-5-3-7-12(14)15(21(25)29)17-16(24-30)11-6-2-4-8-13(11)23-17/h2-10,18-20,22-23,26-29H,1H3/t10-,18-,19+,20+,22-/m0/s1. The van der Waals surface area contributed by atoms with E-state index in [4.69, 9.17) is 4.74 Å². The zero-order chi connectivity index (χ0) is 21.9. The third-order valence-corrected chi connectivity index (χ3v) is 5.99. The van der Waals surface area contributed by atoms with Crippen LogP contribution in [0.3, 0.4) is 0 Å². The van der Waals surface area contributed by atoms with Crippen molar-refractivity contribution in [3.8, 4) is 17.1 Å². The van der Waals surface area contributed by atoms with Crippen LogP contribution in [0.15, 0.2) is 53.7 Å². The monoisotopic (exact) mass is 423 g/mol. The molecule has 0 amide bonds. The molecule has 0 aliphatic carbocycles. The average Bonchev–Trinajstić information content (AvgIpc) is 3.28. The first kappa shape index (κ1) is 19.7. The molecule has 2 aromatic carbocycles. The Balaban J connectivity index is 1.78. The molecule has 2 aromatic heterocycles. The number of aliphatic hydroxyl groups is 3. The van der Waals surface area contributed by atoms with Gasteiger partial charge in [0, 0.05) is 16.3 Å². The SMILES string of the molecule is C[C@@H]1O[C@H](n2c(O)c(-c3[nH]c4ccccc4c3N=O)c3ccccc32)[C@H](O)[C@H](O)[C@H]1O. The van der Waals surface area contributed by atoms with Gasteiger partial charge in [-0.15, -0.1) is 4.91 Å². The quantitative estimate of drug-likeness (QED) is 0.321. The van der Waals surface area contributed by atoms with E-state index in [1.807, 2.05) is 6.07 Å². The Morgan fingerprint density at radius 1 is 0.968 bits per heavy atom. The predicted octanol–water partition coefficient (Wildman–Crippen LogP) is 2.89. The molecule has 9 nitrogen and oxygen atoms in total. The van der Waals surface area contributed by atoms with Crippen LogP contribution in [0.5, 0.6) is 5.88 Å². The second-order valence-electron chi connectivity index (χ2n) is 7.77. The van der Waals surface area contributed by atoms with E-state index in [-0.39, 0.29) is 11.6 Å². The number of ether oxygens (including phenoxy) is 1. The van der Waals surface area contributed by atoms with Gasteiger partial charge in [-0.2, -0.15) is 0 Å². The van der Waals surface area contributed by atoms with Gasteiger partial charge in [-0.05, 0) is 24.2 Å². The number of hydrogen-bond acceptors (Lipinski definition) is 7. The van der Waals surface area contributed by atoms with Crippen LogP contribution < -0.4 is 0 Å². The van der Waals surface area contributed by atoms with Crippen molar-refractivity contribution in [3.05, 3.63) is 53.4 Å². The lowest BCUT2D eigenvalue weighted by molar-refractivity contribution is -0.239. The van der Waals surface area contributed by atoms with Crippen LogP contribution in [-0.4, -0.2) is 54.4 Å². The number of fused-ring (bicyclic) bond motifs is 2. The molecule has 5 atom stereocenters. The summed E-state index contributed by atoms with van der Waals surface area (Å²) in [7, 11) is 0. The summed E-state index contributed by atoms with van der Waals surface area (Å²) in [6, 6.07) is 14.2. The van der Waals surface area contributed by atoms with Crippen molar-refractivity contribution in [1.29, 1.82) is 0 Å². The predicted molar refractivity (Wildman–Crippen MR) is 114 cm³/mol. The number of aromatic nitrogens is 2. The third-order valence-electron chi connectivity index (χ3n) is 5.99. The molecule has 160 valence electrons. The summed E-state index contributed by atoms with van der Waals surface area (Å²) < 4.78 is 7.13. The minimum Gasteiger partial charge on any atom is -0.494 e. The maximum absolute atomic E-state index is 11.7. The number of nitrogens with one attached hydrogen (secondary N) is 1. The summed E-state index contributed by atoms with van der Waals surface area (Å²) in [5, 5.41) is 46.6. The van der Waals surface area contributed by atoms with Gasteiger partial charge in [0.25, 0.3) is 0 Å². The minimum atomic E-state index is -1.49. The Kier molecular flexibility index (Phi) is 4.56. The lowest BCUT2D eigenvalue weighted by Crippen LogP contribution is -2.54. The fraction of sp³-hybridized carbons (Fsp3) is 0.273. The Bertz CT molecular complexity index is 1300. The molecule has 31 heavy (non-hydrogen) atoms. The van der Waals surface area contributed by atoms with Gasteiger partial charge in [0.05, 0.1) is 22.9 Å². The van der Waals surface area contributed by atoms with E-state index in [9.17, 15) is 25.3 Å². The van der Waals surface area contributed by atoms with Crippen LogP contribution in [0.1, 0.15) is 13.2 Å². The van der Waals surface area contributed by atoms with E-state index in [2.05, 4.69) is 10.2 Å². The number of benzene rings is 2. The summed E-state index contributed by atoms with van der Waals surface area (Å²) >= 11 is 0. The van der Waals surface area contributed by atoms with E-state index >= 15 is 0 Å². The van der Waals surface area contributed by atoms with E-state index in [0.717, 1.165) is 0 Å². The van der Waals surface area contributed by atoms with Gasteiger partial charge in [-0.3, -0.25) is 4.57 Å². The van der Waals surface area contributed by atoms with Crippen LogP contribution in [0, 0.1) is 4.91 Å². The molecule has 1 aliphatic heterocycles. The van der Waals surface area contributed by atoms with Gasteiger partial charge in [0.1, 0.15) is 24.0 Å². The van der Waals surface area contributed by atoms with Crippen LogP contribution >= 0.6 is 0 Å². The summed E-state index contributed by atoms with van der Waals surface area (Å²) in [5.41, 5.74) is 2.02. The normalized spacial score (nSPS) is 26.5. The van der Waals surface area contributed by atoms with E-state index in [1.165, 1.54) is 4.57 Å². The molecule has 0 radical (unpaired) electrons. The average molecular weight is 423 g/mol. The molecule has 1 fully saturated rings. The largest absolute Gasteiger partial charge is 0.494 e. The molecule has 5 N–H and O–H groups in total. The lowest BCUT2D eigenvalue weighted by atomic mass is 9.99. The van der Waals surface area contributed by atoms with Crippen molar-refractivity contribution >= 4 is 27.5 Å². The molecule has 0 bridgehead atoms. The molecule has 9 heteroatoms. The van der Waals surface area contributed by atoms with Gasteiger partial charge in [-0.1, -0.05) is 36.4 Å². The van der Waals surface area contributed by atoms with Crippen molar-refractivity contribution in [2.24, 2.45) is 5.18 Å². The maximum atomic E-state index is 11.7. The Morgan fingerprint density at radius 3 is 2.39 bits per heavy atom. The van der Waals surface area contributed by atoms with Gasteiger partial charge >= 0.3 is 0 Å². The first-order chi connectivity index (χ1) is 14.9. The number of H-pyrrole nitrogens is 1. The second-order valence-corrected chi connectivity index (χ2v) is 7.77. The summed E-state index contributed by atoms with van der Waals surface area (Å²) in [4.78, 5) is 14.9. The number of para-hydroxylation sites is 2. The third kappa shape index (κ3) is 2.78. The van der Waals surface area contributed by atoms with Gasteiger partial charge in [-0.25, -0.2) is 0 Å². The summed E-state index contributed by atoms with van der Waals surface area (Å²) in [6.45, 7) is 1.57. The molecule has 5 rings (SSSR count). The van der Waals surface area contributed by atoms with Gasteiger partial charge in [0.15, 0.2) is 6.23 Å². The zero-order valence-corrected chi connectivity index (χ0v) is 16.5. The molecule has 1 aliphatic rings. The smallest absolute Gasteiger partial charge is 0.204 e. The summed E-state index contributed by atoms with van der Waals surface area (Å²) in [5.74, 6) is -0.266. The Morgan fingerprint density at radius 2 is 1.65 bits per heavy atom. The zero-order valence-electron chi connectivity index (χ0n) is 16.5. The second kappa shape index (κ2) is 7.17. The highest BCUT2D eigenvalue weighted by atomic mass is 16.5. The molecular formula is C22H21N3O6. The lowest BCUT2D eigenvalue weighted by Gasteiger charge is -2.40. The number of nitroso groups, excluding NO2 is 1. The molecule has 4 aromatic rings. The molecule has 0 spiro atoms. The first-order valence-electron chi connectivity index (χ1n) is 9.90. The van der Waals surface area contributed by atoms with Crippen molar-refractivity contribution in [1.82, 2.24) is 9.55 Å². The van der Waals surface area contributed by atoms with E-state index in [0.29, 0.717) is 33.1 Å². The fourth-order valence-electron chi connectivity index (χ4n) is 4.40. The first-order valence-corrected chi connectivity index (χ1v) is 9.90. The van der Waals surface area contributed by atoms with Crippen LogP contribution in [0.2, 0.25) is 0 Å². The van der Waals surface area contributed by atoms with Crippen molar-refractivity contribution < 1.29 is 25.2 Å². The minimum absolute atomic E-state index is 0.155. The highest BCUT2D eigenvalue weighted by Gasteiger charge is 2.44. The number of nitrogens with zero attached hydrogens (tertiary/aromatic N) is 2. The Labute approximate surface area is 176 Å². The highest BCUT2D eigenvalue weighted by molar-refractivity contribution is 6.07. The fourth-order valence-corrected chi connectivity index (χ4v) is 4.40. The number of hydrogen-bond donors (Lipinski definition) is 5. The summed E-state index contributed by atoms with van der Waals surface area (Å²) in [6.07, 6.45) is -6.17. The van der Waals surface area contributed by atoms with Crippen molar-refractivity contribution in [2.75, 3.05) is 0 Å². The van der Waals surface area contributed by atoms with E-state index in [1.54, 1.807) is 49.4 Å². The van der Waals surface area contributed by atoms with Crippen LogP contribution in [0.4, 0.5) is 5.69 Å². The molecular weight excluding hydrogens is 402 g/mol. The number of aromatic hydroxyl groups is 1. The molecule has 0 saturated carbocycles. The molecule has 3 heterocycles. The molecule has 1 saturated heterocycles. The van der Waals surface area contributed by atoms with Gasteiger partial charge in [0.2, 0.25) is 5.88 Å². The number of aliphatic hydroxyl groups excluding tert-OH is 3. The number of aromatic amines is 1. The van der Waals surface area contributed by atoms with Crippen molar-refractivity contribution in [2.45, 2.75) is 37.6 Å². The number of rotatable bonds is 3. The van der Waals surface area contributed by atoms with E-state index < -0.39 is 30.6 Å². The maximum Gasteiger partial charge on any atom is 0.204 e. The molecule has 0 unspecified atom stereocenters. The van der Waals surface area contributed by atoms with Crippen LogP contribution in [-0.2, 0) is 4.74 Å². The van der Waals surface area contributed by atoms with Crippen LogP contribution in [0.25, 0.3) is 33.1 Å². The Hall–Kier alpha value is -3.24. The highest BCUT2D eigenvalue weighted by Crippen LogP contribution is 2.48. The van der Waals surface area contributed by atoms with Crippen molar-refractivity contribution in [3.63, 3.8) is 0 Å². The van der Waals surface area contributed by atoms with Gasteiger partial charge < -0.3 is 30.1 Å². The topological polar surface area (TPSA) is 140 Å².